The maximum atomic E-state index is 12.4. The average Bonchev–Trinajstić information content (AvgIpc) is 2.99. The number of carbonyl (C=O) groups excluding carboxylic acids is 1. The maximum Gasteiger partial charge on any atom is 0.223 e. The van der Waals surface area contributed by atoms with Crippen molar-refractivity contribution in [2.24, 2.45) is 11.7 Å². The Bertz CT molecular complexity index is 452. The molecule has 6 nitrogen and oxygen atoms in total. The molecule has 1 aliphatic heterocycles. The van der Waals surface area contributed by atoms with E-state index in [4.69, 9.17) is 5.73 Å². The molecule has 0 spiro atoms. The van der Waals surface area contributed by atoms with Gasteiger partial charge in [0.1, 0.15) is 0 Å². The summed E-state index contributed by atoms with van der Waals surface area (Å²) in [7, 11) is -1.87. The van der Waals surface area contributed by atoms with Gasteiger partial charge in [-0.3, -0.25) is 4.79 Å². The molecular formula is C13H25N3O3S. The van der Waals surface area contributed by atoms with Gasteiger partial charge < -0.3 is 10.6 Å². The lowest BCUT2D eigenvalue weighted by Gasteiger charge is -2.26. The molecule has 20 heavy (non-hydrogen) atoms. The lowest BCUT2D eigenvalue weighted by atomic mass is 9.99. The minimum atomic E-state index is -3.28. The molecule has 0 aromatic heterocycles. The van der Waals surface area contributed by atoms with Crippen molar-refractivity contribution in [1.82, 2.24) is 9.62 Å². The van der Waals surface area contributed by atoms with E-state index in [1.165, 1.54) is 7.05 Å². The Morgan fingerprint density at radius 1 is 1.30 bits per heavy atom. The zero-order valence-electron chi connectivity index (χ0n) is 12.0. The van der Waals surface area contributed by atoms with Gasteiger partial charge in [0, 0.05) is 25.0 Å². The number of hydrogen-bond donors (Lipinski definition) is 2. The van der Waals surface area contributed by atoms with Gasteiger partial charge in [0.25, 0.3) is 0 Å². The first-order valence-corrected chi connectivity index (χ1v) is 9.04. The monoisotopic (exact) mass is 303 g/mol. The number of nitrogens with one attached hydrogen (secondary N) is 1. The summed E-state index contributed by atoms with van der Waals surface area (Å²) < 4.78 is 25.6. The van der Waals surface area contributed by atoms with E-state index < -0.39 is 10.0 Å². The number of carbonyl (C=O) groups is 1. The van der Waals surface area contributed by atoms with Crippen LogP contribution < -0.4 is 10.5 Å². The number of hydrogen-bond acceptors (Lipinski definition) is 4. The van der Waals surface area contributed by atoms with Gasteiger partial charge in [-0.05, 0) is 38.6 Å². The smallest absolute Gasteiger partial charge is 0.223 e. The molecule has 3 atom stereocenters. The largest absolute Gasteiger partial charge is 0.339 e. The van der Waals surface area contributed by atoms with E-state index in [1.54, 1.807) is 4.90 Å². The first-order chi connectivity index (χ1) is 9.43. The van der Waals surface area contributed by atoms with Crippen LogP contribution in [0.1, 0.15) is 38.5 Å². The number of nitrogens with zero attached hydrogens (tertiary/aromatic N) is 1. The van der Waals surface area contributed by atoms with Crippen LogP contribution in [0, 0.1) is 5.92 Å². The van der Waals surface area contributed by atoms with Crippen LogP contribution in [0.5, 0.6) is 0 Å². The molecule has 7 heteroatoms. The zero-order valence-corrected chi connectivity index (χ0v) is 12.9. The summed E-state index contributed by atoms with van der Waals surface area (Å²) >= 11 is 0. The highest BCUT2D eigenvalue weighted by atomic mass is 32.2. The van der Waals surface area contributed by atoms with Crippen molar-refractivity contribution in [2.45, 2.75) is 50.6 Å². The molecule has 0 aromatic rings. The highest BCUT2D eigenvalue weighted by molar-refractivity contribution is 7.89. The van der Waals surface area contributed by atoms with E-state index in [0.29, 0.717) is 13.0 Å². The Hall–Kier alpha value is -0.660. The standard InChI is InChI=1S/C13H25N3O3S/c1-15-20(18,19)9-11-5-3-7-16(11)13(17)8-10-4-2-6-12(10)14/h10-12,15H,2-9,14H2,1H3/t10-,11?,12+/m0/s1. The van der Waals surface area contributed by atoms with E-state index in [-0.39, 0.29) is 29.7 Å². The Morgan fingerprint density at radius 3 is 2.65 bits per heavy atom. The minimum absolute atomic E-state index is 0.00591. The predicted molar refractivity (Wildman–Crippen MR) is 77.5 cm³/mol. The van der Waals surface area contributed by atoms with Gasteiger partial charge in [-0.1, -0.05) is 6.42 Å². The Kier molecular flexibility index (Phi) is 5.04. The van der Waals surface area contributed by atoms with Gasteiger partial charge in [-0.15, -0.1) is 0 Å². The van der Waals surface area contributed by atoms with E-state index in [2.05, 4.69) is 4.72 Å². The first-order valence-electron chi connectivity index (χ1n) is 7.39. The van der Waals surface area contributed by atoms with Gasteiger partial charge in [-0.25, -0.2) is 13.1 Å². The third-order valence-corrected chi connectivity index (χ3v) is 6.02. The first kappa shape index (κ1) is 15.7. The fourth-order valence-corrected chi connectivity index (χ4v) is 4.35. The van der Waals surface area contributed by atoms with Gasteiger partial charge in [0.05, 0.1) is 5.75 Å². The van der Waals surface area contributed by atoms with Crippen LogP contribution in [-0.4, -0.2) is 50.7 Å². The van der Waals surface area contributed by atoms with Crippen molar-refractivity contribution in [3.63, 3.8) is 0 Å². The highest BCUT2D eigenvalue weighted by Gasteiger charge is 2.34. The number of likely N-dealkylation sites (tertiary alicyclic amines) is 1. The van der Waals surface area contributed by atoms with E-state index in [0.717, 1.165) is 32.1 Å². The van der Waals surface area contributed by atoms with Crippen molar-refractivity contribution in [2.75, 3.05) is 19.3 Å². The summed E-state index contributed by atoms with van der Waals surface area (Å²) in [5.74, 6) is 0.345. The summed E-state index contributed by atoms with van der Waals surface area (Å²) in [5, 5.41) is 0. The van der Waals surface area contributed by atoms with Crippen molar-refractivity contribution < 1.29 is 13.2 Å². The molecule has 2 fully saturated rings. The molecular weight excluding hydrogens is 278 g/mol. The number of amides is 1. The summed E-state index contributed by atoms with van der Waals surface area (Å²) in [6.07, 6.45) is 5.22. The van der Waals surface area contributed by atoms with Crippen LogP contribution in [-0.2, 0) is 14.8 Å². The Labute approximate surface area is 121 Å². The molecule has 2 rings (SSSR count). The fourth-order valence-electron chi connectivity index (χ4n) is 3.33. The SMILES string of the molecule is CNS(=O)(=O)CC1CCCN1C(=O)C[C@@H]1CCC[C@H]1N. The molecule has 1 heterocycles. The van der Waals surface area contributed by atoms with Gasteiger partial charge in [-0.2, -0.15) is 0 Å². The highest BCUT2D eigenvalue weighted by Crippen LogP contribution is 2.29. The van der Waals surface area contributed by atoms with Crippen molar-refractivity contribution in [3.05, 3.63) is 0 Å². The number of sulfonamides is 1. The normalized spacial score (nSPS) is 30.9. The van der Waals surface area contributed by atoms with E-state index >= 15 is 0 Å². The molecule has 1 unspecified atom stereocenters. The molecule has 2 aliphatic rings. The van der Waals surface area contributed by atoms with E-state index in [1.807, 2.05) is 0 Å². The second-order valence-electron chi connectivity index (χ2n) is 5.93. The molecule has 1 aliphatic carbocycles. The Balaban J connectivity index is 1.94. The third-order valence-electron chi connectivity index (χ3n) is 4.57. The van der Waals surface area contributed by atoms with Crippen molar-refractivity contribution in [3.8, 4) is 0 Å². The predicted octanol–water partition coefficient (Wildman–Crippen LogP) is 0.0441. The molecule has 0 bridgehead atoms. The van der Waals surface area contributed by atoms with Gasteiger partial charge >= 0.3 is 0 Å². The minimum Gasteiger partial charge on any atom is -0.339 e. The molecule has 1 amide bonds. The van der Waals surface area contributed by atoms with Crippen LogP contribution >= 0.6 is 0 Å². The molecule has 1 saturated carbocycles. The molecule has 3 N–H and O–H groups in total. The summed E-state index contributed by atoms with van der Waals surface area (Å²) in [5.41, 5.74) is 6.01. The average molecular weight is 303 g/mol. The van der Waals surface area contributed by atoms with E-state index in [9.17, 15) is 13.2 Å². The van der Waals surface area contributed by atoms with Gasteiger partial charge in [0.2, 0.25) is 15.9 Å². The van der Waals surface area contributed by atoms with Gasteiger partial charge in [0.15, 0.2) is 0 Å². The zero-order chi connectivity index (χ0) is 14.8. The fraction of sp³-hybridized carbons (Fsp3) is 0.923. The van der Waals surface area contributed by atoms with Crippen LogP contribution in [0.2, 0.25) is 0 Å². The number of nitrogens with two attached hydrogens (primary N) is 1. The molecule has 0 radical (unpaired) electrons. The lowest BCUT2D eigenvalue weighted by molar-refractivity contribution is -0.132. The maximum absolute atomic E-state index is 12.4. The lowest BCUT2D eigenvalue weighted by Crippen LogP contribution is -2.43. The molecule has 116 valence electrons. The second-order valence-corrected chi connectivity index (χ2v) is 7.90. The van der Waals surface area contributed by atoms with Crippen LogP contribution in [0.15, 0.2) is 0 Å². The summed E-state index contributed by atoms with van der Waals surface area (Å²) in [4.78, 5) is 14.1. The van der Waals surface area contributed by atoms with Crippen LogP contribution in [0.25, 0.3) is 0 Å². The van der Waals surface area contributed by atoms with Crippen molar-refractivity contribution >= 4 is 15.9 Å². The Morgan fingerprint density at radius 2 is 2.05 bits per heavy atom. The van der Waals surface area contributed by atoms with Crippen LogP contribution in [0.4, 0.5) is 0 Å². The second kappa shape index (κ2) is 6.41. The summed E-state index contributed by atoms with van der Waals surface area (Å²) in [6, 6.07) is -0.0568. The molecule has 0 aromatic carbocycles. The molecule has 1 saturated heterocycles. The van der Waals surface area contributed by atoms with Crippen molar-refractivity contribution in [1.29, 1.82) is 0 Å². The topological polar surface area (TPSA) is 92.5 Å². The summed E-state index contributed by atoms with van der Waals surface area (Å²) in [6.45, 7) is 0.671. The third kappa shape index (κ3) is 3.71. The van der Waals surface area contributed by atoms with Crippen LogP contribution in [0.3, 0.4) is 0 Å². The number of rotatable bonds is 5. The quantitative estimate of drug-likeness (QED) is 0.750.